The van der Waals surface area contributed by atoms with Crippen LogP contribution in [0.2, 0.25) is 5.02 Å². The third-order valence-electron chi connectivity index (χ3n) is 3.29. The second kappa shape index (κ2) is 7.96. The van der Waals surface area contributed by atoms with Crippen LogP contribution in [0.3, 0.4) is 0 Å². The molecule has 126 valence electrons. The van der Waals surface area contributed by atoms with Crippen LogP contribution >= 0.6 is 23.8 Å². The van der Waals surface area contributed by atoms with E-state index in [0.29, 0.717) is 5.75 Å². The molecule has 0 heterocycles. The van der Waals surface area contributed by atoms with Crippen LogP contribution in [0.4, 0.5) is 15.8 Å². The highest BCUT2D eigenvalue weighted by atomic mass is 35.5. The third-order valence-corrected chi connectivity index (χ3v) is 3.79. The summed E-state index contributed by atoms with van der Waals surface area (Å²) in [4.78, 5) is 0. The molecular formula is C19H14ClFN2OS. The van der Waals surface area contributed by atoms with Crippen molar-refractivity contribution in [2.24, 2.45) is 0 Å². The lowest BCUT2D eigenvalue weighted by Gasteiger charge is -2.12. The van der Waals surface area contributed by atoms with E-state index in [4.69, 9.17) is 28.6 Å². The number of hydrogen-bond donors (Lipinski definition) is 2. The van der Waals surface area contributed by atoms with E-state index in [2.05, 4.69) is 10.6 Å². The molecule has 3 aromatic carbocycles. The molecule has 0 radical (unpaired) electrons. The van der Waals surface area contributed by atoms with Crippen molar-refractivity contribution in [3.63, 3.8) is 0 Å². The van der Waals surface area contributed by atoms with Crippen LogP contribution < -0.4 is 15.4 Å². The fraction of sp³-hybridized carbons (Fsp3) is 0. The van der Waals surface area contributed by atoms with Crippen molar-refractivity contribution in [1.82, 2.24) is 0 Å². The highest BCUT2D eigenvalue weighted by Crippen LogP contribution is 2.24. The summed E-state index contributed by atoms with van der Waals surface area (Å²) in [6, 6.07) is 21.5. The third kappa shape index (κ3) is 4.68. The molecule has 0 aliphatic heterocycles. The lowest BCUT2D eigenvalue weighted by molar-refractivity contribution is 0.483. The summed E-state index contributed by atoms with van der Waals surface area (Å²) in [7, 11) is 0. The maximum absolute atomic E-state index is 13.9. The van der Waals surface area contributed by atoms with Gasteiger partial charge in [-0.05, 0) is 60.7 Å². The predicted octanol–water partition coefficient (Wildman–Crippen LogP) is 6.08. The summed E-state index contributed by atoms with van der Waals surface area (Å²) in [5.41, 5.74) is 0.967. The molecule has 25 heavy (non-hydrogen) atoms. The van der Waals surface area contributed by atoms with Gasteiger partial charge in [-0.25, -0.2) is 4.39 Å². The molecule has 3 nitrogen and oxygen atoms in total. The molecule has 3 aromatic rings. The first kappa shape index (κ1) is 17.2. The van der Waals surface area contributed by atoms with Crippen molar-refractivity contribution in [2.75, 3.05) is 10.6 Å². The van der Waals surface area contributed by atoms with E-state index in [9.17, 15) is 4.39 Å². The number of hydrogen-bond acceptors (Lipinski definition) is 2. The van der Waals surface area contributed by atoms with Crippen LogP contribution in [0.1, 0.15) is 0 Å². The Morgan fingerprint density at radius 2 is 1.52 bits per heavy atom. The minimum atomic E-state index is -0.542. The van der Waals surface area contributed by atoms with Gasteiger partial charge in [-0.3, -0.25) is 0 Å². The molecule has 2 N–H and O–H groups in total. The van der Waals surface area contributed by atoms with Gasteiger partial charge in [0.15, 0.2) is 10.9 Å². The molecule has 0 saturated heterocycles. The summed E-state index contributed by atoms with van der Waals surface area (Å²) in [6.45, 7) is 0. The van der Waals surface area contributed by atoms with Crippen molar-refractivity contribution in [3.8, 4) is 11.5 Å². The second-order valence-corrected chi connectivity index (χ2v) is 5.94. The van der Waals surface area contributed by atoms with Crippen LogP contribution in [-0.2, 0) is 0 Å². The molecule has 0 atom stereocenters. The fourth-order valence-corrected chi connectivity index (χ4v) is 2.52. The van der Waals surface area contributed by atoms with Crippen LogP contribution in [0.5, 0.6) is 11.5 Å². The Kier molecular flexibility index (Phi) is 5.48. The van der Waals surface area contributed by atoms with Crippen molar-refractivity contribution in [3.05, 3.63) is 83.6 Å². The number of rotatable bonds is 4. The van der Waals surface area contributed by atoms with Gasteiger partial charge in [0, 0.05) is 5.69 Å². The largest absolute Gasteiger partial charge is 0.457 e. The van der Waals surface area contributed by atoms with Gasteiger partial charge in [-0.2, -0.15) is 0 Å². The summed E-state index contributed by atoms with van der Waals surface area (Å²) in [5, 5.41) is 6.07. The molecule has 3 rings (SSSR count). The van der Waals surface area contributed by atoms with Gasteiger partial charge < -0.3 is 15.4 Å². The second-order valence-electron chi connectivity index (χ2n) is 5.12. The lowest BCUT2D eigenvalue weighted by Crippen LogP contribution is -2.19. The van der Waals surface area contributed by atoms with Gasteiger partial charge in [0.1, 0.15) is 11.5 Å². The number of ether oxygens (including phenoxy) is 1. The molecule has 0 fully saturated rings. The topological polar surface area (TPSA) is 33.3 Å². The Morgan fingerprint density at radius 3 is 2.24 bits per heavy atom. The molecule has 0 aliphatic rings. The Hall–Kier alpha value is -2.63. The van der Waals surface area contributed by atoms with E-state index in [-0.39, 0.29) is 15.8 Å². The highest BCUT2D eigenvalue weighted by molar-refractivity contribution is 7.80. The average Bonchev–Trinajstić information content (AvgIpc) is 2.62. The van der Waals surface area contributed by atoms with Gasteiger partial charge in [-0.15, -0.1) is 0 Å². The zero-order chi connectivity index (χ0) is 17.6. The van der Waals surface area contributed by atoms with Crippen molar-refractivity contribution in [1.29, 1.82) is 0 Å². The lowest BCUT2D eigenvalue weighted by atomic mass is 10.3. The van der Waals surface area contributed by atoms with Gasteiger partial charge >= 0.3 is 0 Å². The first-order chi connectivity index (χ1) is 12.1. The van der Waals surface area contributed by atoms with Crippen molar-refractivity contribution < 1.29 is 9.13 Å². The molecule has 6 heteroatoms. The summed E-state index contributed by atoms with van der Waals surface area (Å²) < 4.78 is 19.6. The van der Waals surface area contributed by atoms with E-state index in [1.165, 1.54) is 6.07 Å². The monoisotopic (exact) mass is 372 g/mol. The Balaban J connectivity index is 1.61. The molecule has 0 spiro atoms. The minimum absolute atomic E-state index is 0.0372. The van der Waals surface area contributed by atoms with Crippen molar-refractivity contribution >= 4 is 40.3 Å². The van der Waals surface area contributed by atoms with E-state index in [1.54, 1.807) is 12.1 Å². The smallest absolute Gasteiger partial charge is 0.175 e. The Labute approximate surface area is 155 Å². The highest BCUT2D eigenvalue weighted by Gasteiger charge is 2.07. The number of para-hydroxylation sites is 1. The van der Waals surface area contributed by atoms with Gasteiger partial charge in [0.25, 0.3) is 0 Å². The fourth-order valence-electron chi connectivity index (χ4n) is 2.12. The standard InChI is InChI=1S/C19H14ClFN2OS/c20-16-7-4-8-17(18(16)21)23-19(25)22-13-9-11-15(12-10-13)24-14-5-2-1-3-6-14/h1-12H,(H2,22,23,25). The first-order valence-corrected chi connectivity index (χ1v) is 8.25. The molecule has 0 unspecified atom stereocenters. The van der Waals surface area contributed by atoms with E-state index >= 15 is 0 Å². The van der Waals surface area contributed by atoms with Crippen LogP contribution in [0.25, 0.3) is 0 Å². The summed E-state index contributed by atoms with van der Waals surface area (Å²) in [6.07, 6.45) is 0. The SMILES string of the molecule is Fc1c(Cl)cccc1NC(=S)Nc1ccc(Oc2ccccc2)cc1. The number of halogens is 2. The number of nitrogens with one attached hydrogen (secondary N) is 2. The van der Waals surface area contributed by atoms with Crippen LogP contribution in [-0.4, -0.2) is 5.11 Å². The summed E-state index contributed by atoms with van der Waals surface area (Å²) in [5.74, 6) is 0.924. The summed E-state index contributed by atoms with van der Waals surface area (Å²) >= 11 is 10.9. The van der Waals surface area contributed by atoms with E-state index in [1.807, 2.05) is 54.6 Å². The zero-order valence-corrected chi connectivity index (χ0v) is 14.6. The molecule has 0 bridgehead atoms. The van der Waals surface area contributed by atoms with Gasteiger partial charge in [-0.1, -0.05) is 35.9 Å². The minimum Gasteiger partial charge on any atom is -0.457 e. The quantitative estimate of drug-likeness (QED) is 0.544. The molecule has 0 aliphatic carbocycles. The number of benzene rings is 3. The molecule has 0 saturated carbocycles. The molecule has 0 aromatic heterocycles. The average molecular weight is 373 g/mol. The number of anilines is 2. The van der Waals surface area contributed by atoms with E-state index in [0.717, 1.165) is 11.4 Å². The van der Waals surface area contributed by atoms with Crippen molar-refractivity contribution in [2.45, 2.75) is 0 Å². The van der Waals surface area contributed by atoms with Crippen LogP contribution in [0, 0.1) is 5.82 Å². The maximum Gasteiger partial charge on any atom is 0.175 e. The van der Waals surface area contributed by atoms with Crippen LogP contribution in [0.15, 0.2) is 72.8 Å². The normalized spacial score (nSPS) is 10.2. The zero-order valence-electron chi connectivity index (χ0n) is 13.0. The predicted molar refractivity (Wildman–Crippen MR) is 104 cm³/mol. The maximum atomic E-state index is 13.9. The van der Waals surface area contributed by atoms with Gasteiger partial charge in [0.2, 0.25) is 0 Å². The molecular weight excluding hydrogens is 359 g/mol. The Morgan fingerprint density at radius 1 is 0.840 bits per heavy atom. The van der Waals surface area contributed by atoms with E-state index < -0.39 is 5.82 Å². The number of thiocarbonyl (C=S) groups is 1. The van der Waals surface area contributed by atoms with Gasteiger partial charge in [0.05, 0.1) is 10.7 Å². The molecule has 0 amide bonds. The first-order valence-electron chi connectivity index (χ1n) is 7.47. The Bertz CT molecular complexity index is 872.